The number of ketones is 1. The second-order valence-corrected chi connectivity index (χ2v) is 9.76. The zero-order valence-electron chi connectivity index (χ0n) is 20.5. The molecule has 0 aliphatic carbocycles. The molecule has 1 aromatic heterocycles. The third kappa shape index (κ3) is 5.65. The summed E-state index contributed by atoms with van der Waals surface area (Å²) in [5.41, 5.74) is 3.56. The quantitative estimate of drug-likeness (QED) is 0.105. The van der Waals surface area contributed by atoms with Gasteiger partial charge in [0.05, 0.1) is 11.0 Å². The number of H-pyrrole nitrogens is 1. The van der Waals surface area contributed by atoms with E-state index >= 15 is 0 Å². The maximum Gasteiger partial charge on any atom is 0.200 e. The molecule has 5 nitrogen and oxygen atoms in total. The van der Waals surface area contributed by atoms with Crippen molar-refractivity contribution in [3.05, 3.63) is 129 Å². The smallest absolute Gasteiger partial charge is 0.200 e. The lowest BCUT2D eigenvalue weighted by Gasteiger charge is -2.11. The molecule has 9 heteroatoms. The molecule has 0 fully saturated rings. The molecule has 0 atom stereocenters. The number of aliphatic hydroxyl groups is 1. The first-order valence-electron chi connectivity index (χ1n) is 11.9. The topological polar surface area (TPSA) is 78.0 Å². The maximum absolute atomic E-state index is 14.0. The fraction of sp³-hybridized carbons (Fsp3) is 0.0667. The number of nitrogens with zero attached hydrogens (tertiary/aromatic N) is 1. The molecular formula is C30H21Cl2F2N3O2. The van der Waals surface area contributed by atoms with Crippen LogP contribution in [0.15, 0.2) is 78.9 Å². The predicted octanol–water partition coefficient (Wildman–Crippen LogP) is 8.38. The normalized spacial score (nSPS) is 11.9. The van der Waals surface area contributed by atoms with Gasteiger partial charge in [0.1, 0.15) is 28.8 Å². The predicted molar refractivity (Wildman–Crippen MR) is 151 cm³/mol. The number of hydrogen-bond acceptors (Lipinski definition) is 4. The van der Waals surface area contributed by atoms with Crippen LogP contribution in [0.5, 0.6) is 0 Å². The molecule has 5 aromatic rings. The van der Waals surface area contributed by atoms with E-state index in [0.717, 1.165) is 28.9 Å². The van der Waals surface area contributed by atoms with Crippen LogP contribution in [0.4, 0.5) is 14.5 Å². The second-order valence-electron chi connectivity index (χ2n) is 8.92. The molecule has 5 rings (SSSR count). The van der Waals surface area contributed by atoms with Crippen LogP contribution in [-0.2, 0) is 6.54 Å². The summed E-state index contributed by atoms with van der Waals surface area (Å²) in [4.78, 5) is 21.1. The molecule has 0 amide bonds. The molecule has 196 valence electrons. The molecule has 1 heterocycles. The van der Waals surface area contributed by atoms with Crippen LogP contribution in [-0.4, -0.2) is 20.9 Å². The zero-order chi connectivity index (χ0) is 27.7. The SMILES string of the molecule is Cc1c(Cl)cc(Cl)cc1CNc1ccc2nc(C(C(=O)c3ccccc3)=C(O)c3cc(F)cc(F)c3)[nH]c2c1. The molecule has 0 saturated heterocycles. The number of halogens is 4. The van der Waals surface area contributed by atoms with Gasteiger partial charge in [-0.15, -0.1) is 0 Å². The third-order valence-electron chi connectivity index (χ3n) is 6.25. The van der Waals surface area contributed by atoms with Gasteiger partial charge in [-0.2, -0.15) is 0 Å². The van der Waals surface area contributed by atoms with Gasteiger partial charge in [0.15, 0.2) is 0 Å². The summed E-state index contributed by atoms with van der Waals surface area (Å²) >= 11 is 12.4. The van der Waals surface area contributed by atoms with E-state index in [1.165, 1.54) is 0 Å². The maximum atomic E-state index is 14.0. The van der Waals surface area contributed by atoms with Crippen LogP contribution in [0.25, 0.3) is 22.4 Å². The van der Waals surface area contributed by atoms with Gasteiger partial charge in [-0.25, -0.2) is 13.8 Å². The van der Waals surface area contributed by atoms with E-state index < -0.39 is 23.2 Å². The van der Waals surface area contributed by atoms with Gasteiger partial charge in [0.2, 0.25) is 5.78 Å². The van der Waals surface area contributed by atoms with Crippen molar-refractivity contribution in [2.45, 2.75) is 13.5 Å². The lowest BCUT2D eigenvalue weighted by molar-refractivity contribution is 0.105. The minimum atomic E-state index is -0.889. The number of allylic oxidation sites excluding steroid dienone is 1. The minimum Gasteiger partial charge on any atom is -0.506 e. The Balaban J connectivity index is 1.55. The highest BCUT2D eigenvalue weighted by Gasteiger charge is 2.24. The summed E-state index contributed by atoms with van der Waals surface area (Å²) in [6.07, 6.45) is 0. The number of carbonyl (C=O) groups is 1. The summed E-state index contributed by atoms with van der Waals surface area (Å²) in [5, 5.41) is 15.5. The highest BCUT2D eigenvalue weighted by molar-refractivity contribution is 6.35. The highest BCUT2D eigenvalue weighted by atomic mass is 35.5. The third-order valence-corrected chi connectivity index (χ3v) is 6.86. The highest BCUT2D eigenvalue weighted by Crippen LogP contribution is 2.30. The average Bonchev–Trinajstić information content (AvgIpc) is 3.32. The van der Waals surface area contributed by atoms with Crippen molar-refractivity contribution in [1.82, 2.24) is 9.97 Å². The summed E-state index contributed by atoms with van der Waals surface area (Å²) in [5.74, 6) is -2.90. The van der Waals surface area contributed by atoms with Crippen LogP contribution in [0.2, 0.25) is 10.0 Å². The number of anilines is 1. The molecule has 0 unspecified atom stereocenters. The first-order valence-corrected chi connectivity index (χ1v) is 12.6. The molecule has 0 spiro atoms. The molecule has 0 aliphatic rings. The number of fused-ring (bicyclic) bond motifs is 1. The van der Waals surface area contributed by atoms with E-state index in [1.54, 1.807) is 48.5 Å². The van der Waals surface area contributed by atoms with Crippen molar-refractivity contribution in [3.63, 3.8) is 0 Å². The van der Waals surface area contributed by atoms with Crippen LogP contribution in [0.1, 0.15) is 32.9 Å². The Labute approximate surface area is 232 Å². The van der Waals surface area contributed by atoms with E-state index in [1.807, 2.05) is 19.1 Å². The van der Waals surface area contributed by atoms with Crippen LogP contribution >= 0.6 is 23.2 Å². The Kier molecular flexibility index (Phi) is 7.37. The summed E-state index contributed by atoms with van der Waals surface area (Å²) in [6.45, 7) is 2.37. The first-order chi connectivity index (χ1) is 18.7. The molecule has 0 bridgehead atoms. The number of aromatic nitrogens is 2. The largest absolute Gasteiger partial charge is 0.506 e. The van der Waals surface area contributed by atoms with E-state index in [9.17, 15) is 18.7 Å². The molecular weight excluding hydrogens is 543 g/mol. The van der Waals surface area contributed by atoms with E-state index in [0.29, 0.717) is 33.7 Å². The number of aliphatic hydroxyl groups excluding tert-OH is 1. The van der Waals surface area contributed by atoms with Crippen LogP contribution in [0.3, 0.4) is 0 Å². The van der Waals surface area contributed by atoms with Gasteiger partial charge < -0.3 is 15.4 Å². The standard InChI is InChI=1S/C30H21Cl2F2N3O2/c1-16-19(9-20(31)12-24(16)32)15-35-23-7-8-25-26(14-23)37-30(36-25)27(28(38)17-5-3-2-4-6-17)29(39)18-10-21(33)13-22(34)11-18/h2-14,35,39H,15H2,1H3,(H,36,37). The van der Waals surface area contributed by atoms with Crippen molar-refractivity contribution < 1.29 is 18.7 Å². The number of imidazole rings is 1. The zero-order valence-corrected chi connectivity index (χ0v) is 22.0. The molecule has 0 aliphatic heterocycles. The number of aromatic amines is 1. The fourth-order valence-electron chi connectivity index (χ4n) is 4.21. The summed E-state index contributed by atoms with van der Waals surface area (Å²) in [6, 6.07) is 19.7. The van der Waals surface area contributed by atoms with Gasteiger partial charge in [-0.05, 0) is 60.5 Å². The molecule has 3 N–H and O–H groups in total. The van der Waals surface area contributed by atoms with Gasteiger partial charge in [0.25, 0.3) is 0 Å². The molecule has 4 aromatic carbocycles. The van der Waals surface area contributed by atoms with Crippen LogP contribution in [0, 0.1) is 18.6 Å². The minimum absolute atomic E-state index is 0.0515. The Morgan fingerprint density at radius 2 is 1.67 bits per heavy atom. The first kappa shape index (κ1) is 26.4. The van der Waals surface area contributed by atoms with Crippen molar-refractivity contribution in [2.75, 3.05) is 5.32 Å². The Morgan fingerprint density at radius 1 is 0.949 bits per heavy atom. The monoisotopic (exact) mass is 563 g/mol. The molecule has 0 radical (unpaired) electrons. The van der Waals surface area contributed by atoms with Crippen molar-refractivity contribution in [3.8, 4) is 0 Å². The number of benzene rings is 4. The molecule has 0 saturated carbocycles. The number of Topliss-reactive ketones (excluding diaryl/α,β-unsaturated/α-hetero) is 1. The Bertz CT molecular complexity index is 1730. The Morgan fingerprint density at radius 3 is 2.38 bits per heavy atom. The van der Waals surface area contributed by atoms with Crippen LogP contribution < -0.4 is 5.32 Å². The van der Waals surface area contributed by atoms with Crippen molar-refractivity contribution in [1.29, 1.82) is 0 Å². The van der Waals surface area contributed by atoms with E-state index in [-0.39, 0.29) is 22.5 Å². The number of nitrogens with one attached hydrogen (secondary N) is 2. The molecule has 39 heavy (non-hydrogen) atoms. The van der Waals surface area contributed by atoms with Gasteiger partial charge in [0, 0.05) is 39.5 Å². The van der Waals surface area contributed by atoms with Gasteiger partial charge >= 0.3 is 0 Å². The second kappa shape index (κ2) is 10.9. The number of rotatable bonds is 7. The number of carbonyl (C=O) groups excluding carboxylic acids is 1. The lowest BCUT2D eigenvalue weighted by atomic mass is 9.98. The van der Waals surface area contributed by atoms with E-state index in [2.05, 4.69) is 15.3 Å². The Hall–Kier alpha value is -4.20. The summed E-state index contributed by atoms with van der Waals surface area (Å²) in [7, 11) is 0. The van der Waals surface area contributed by atoms with E-state index in [4.69, 9.17) is 23.2 Å². The number of hydrogen-bond donors (Lipinski definition) is 3. The average molecular weight is 564 g/mol. The lowest BCUT2D eigenvalue weighted by Crippen LogP contribution is -2.07. The van der Waals surface area contributed by atoms with Crippen molar-refractivity contribution in [2.24, 2.45) is 0 Å². The van der Waals surface area contributed by atoms with Gasteiger partial charge in [-0.1, -0.05) is 53.5 Å². The van der Waals surface area contributed by atoms with Crippen molar-refractivity contribution >= 4 is 57.0 Å². The summed E-state index contributed by atoms with van der Waals surface area (Å²) < 4.78 is 27.9. The van der Waals surface area contributed by atoms with Gasteiger partial charge in [-0.3, -0.25) is 4.79 Å². The fourth-order valence-corrected chi connectivity index (χ4v) is 4.75.